The maximum atomic E-state index is 15.1. The van der Waals surface area contributed by atoms with E-state index in [-0.39, 0.29) is 52.3 Å². The molecule has 0 spiro atoms. The Hall–Kier alpha value is -9.38. The third kappa shape index (κ3) is 16.2. The molecule has 3 aliphatic heterocycles. The number of morpholine rings is 2. The Bertz CT molecular complexity index is 4020. The molecule has 1 N–H and O–H groups in total. The highest BCUT2D eigenvalue weighted by Crippen LogP contribution is 2.33. The molecule has 3 aromatic heterocycles. The molecule has 89 heavy (non-hydrogen) atoms. The molecular formula is C64H63F7N10O8. The number of nitrogens with one attached hydrogen (secondary N) is 1. The summed E-state index contributed by atoms with van der Waals surface area (Å²) in [7, 11) is 0. The molecule has 0 bridgehead atoms. The number of hydrogen-bond donors (Lipinski definition) is 1. The van der Waals surface area contributed by atoms with E-state index >= 15 is 8.78 Å². The van der Waals surface area contributed by atoms with Crippen LogP contribution < -0.4 is 41.3 Å². The highest BCUT2D eigenvalue weighted by molar-refractivity contribution is 5.56. The van der Waals surface area contributed by atoms with Crippen LogP contribution in [0.1, 0.15) is 60.2 Å². The summed E-state index contributed by atoms with van der Waals surface area (Å²) in [6.45, 7) is 18.4. The van der Waals surface area contributed by atoms with Crippen molar-refractivity contribution in [3.8, 4) is 28.6 Å². The molecule has 0 saturated carbocycles. The second-order valence-electron chi connectivity index (χ2n) is 20.9. The summed E-state index contributed by atoms with van der Waals surface area (Å²) in [5.74, 6) is -3.73. The lowest BCUT2D eigenvalue weighted by Crippen LogP contribution is -2.37. The molecule has 466 valence electrons. The van der Waals surface area contributed by atoms with Crippen molar-refractivity contribution in [3.05, 3.63) is 221 Å². The summed E-state index contributed by atoms with van der Waals surface area (Å²) in [6, 6.07) is 25.3. The SMILES string of the molecule is Cc1cc(=O)n(-c2ccc(N3CCOCC3)c(F)c2)c(C(F)(F)Oc2cccc(F)c2)n1.Cc1cc(=O)n(-c2ccc(NCCCC3CCCO3)c(F)c2)c(C)n1.[C-]#[N+]c1cccc(OCc2nc(C)cc(=O)n2-c2cc(F)c(N3CCOCC3)c(F)c2)c1. The van der Waals surface area contributed by atoms with Crippen molar-refractivity contribution in [1.29, 1.82) is 0 Å². The zero-order valence-corrected chi connectivity index (χ0v) is 49.1. The molecule has 3 fully saturated rings. The summed E-state index contributed by atoms with van der Waals surface area (Å²) in [5, 5.41) is 3.12. The van der Waals surface area contributed by atoms with Gasteiger partial charge in [0.25, 0.3) is 16.7 Å². The van der Waals surface area contributed by atoms with Gasteiger partial charge in [-0.05, 0) is 102 Å². The molecule has 18 nitrogen and oxygen atoms in total. The quantitative estimate of drug-likeness (QED) is 0.0550. The zero-order chi connectivity index (χ0) is 63.4. The average molecular weight is 1230 g/mol. The summed E-state index contributed by atoms with van der Waals surface area (Å²) in [6.07, 6.45) is 0.446. The maximum Gasteiger partial charge on any atom is 0.461 e. The van der Waals surface area contributed by atoms with E-state index < -0.39 is 52.1 Å². The summed E-state index contributed by atoms with van der Waals surface area (Å²) in [4.78, 5) is 56.7. The largest absolute Gasteiger partial charge is 0.487 e. The van der Waals surface area contributed by atoms with E-state index in [9.17, 15) is 36.3 Å². The number of anilines is 3. The van der Waals surface area contributed by atoms with Gasteiger partial charge in [-0.2, -0.15) is 8.78 Å². The predicted octanol–water partition coefficient (Wildman–Crippen LogP) is 10.9. The lowest BCUT2D eigenvalue weighted by atomic mass is 10.1. The third-order valence-electron chi connectivity index (χ3n) is 14.4. The molecule has 25 heteroatoms. The maximum absolute atomic E-state index is 15.1. The third-order valence-corrected chi connectivity index (χ3v) is 14.4. The first-order chi connectivity index (χ1) is 42.7. The Kier molecular flexibility index (Phi) is 20.9. The number of nitrogens with zero attached hydrogens (tertiary/aromatic N) is 9. The van der Waals surface area contributed by atoms with E-state index in [2.05, 4.69) is 29.9 Å². The van der Waals surface area contributed by atoms with Crippen molar-refractivity contribution in [2.24, 2.45) is 0 Å². The molecular weight excluding hydrogens is 1170 g/mol. The number of aromatic nitrogens is 6. The van der Waals surface area contributed by atoms with Gasteiger partial charge in [-0.1, -0.05) is 18.2 Å². The van der Waals surface area contributed by atoms with Gasteiger partial charge in [-0.15, -0.1) is 0 Å². The van der Waals surface area contributed by atoms with Gasteiger partial charge in [0.2, 0.25) is 5.82 Å². The molecule has 6 heterocycles. The fraction of sp³-hybridized carbons (Fsp3) is 0.328. The van der Waals surface area contributed by atoms with Gasteiger partial charge in [0.05, 0.1) is 67.5 Å². The molecule has 0 amide bonds. The fourth-order valence-electron chi connectivity index (χ4n) is 10.3. The van der Waals surface area contributed by atoms with Crippen molar-refractivity contribution < 1.29 is 54.4 Å². The van der Waals surface area contributed by atoms with Gasteiger partial charge in [0.1, 0.15) is 47.1 Å². The van der Waals surface area contributed by atoms with Crippen LogP contribution in [0.25, 0.3) is 21.9 Å². The fourth-order valence-corrected chi connectivity index (χ4v) is 10.3. The molecule has 3 aliphatic rings. The number of benzene rings is 5. The Labute approximate surface area is 507 Å². The zero-order valence-electron chi connectivity index (χ0n) is 49.1. The lowest BCUT2D eigenvalue weighted by molar-refractivity contribution is -0.193. The van der Waals surface area contributed by atoms with Crippen molar-refractivity contribution in [1.82, 2.24) is 28.7 Å². The summed E-state index contributed by atoms with van der Waals surface area (Å²) in [5.41, 5.74) is 0.938. The number of ether oxygens (including phenoxy) is 5. The van der Waals surface area contributed by atoms with Gasteiger partial charge in [-0.3, -0.25) is 28.1 Å². The van der Waals surface area contributed by atoms with Crippen LogP contribution in [0, 0.1) is 63.4 Å². The topological polar surface area (TPSA) is 174 Å². The number of hydrogen-bond acceptors (Lipinski definition) is 14. The minimum Gasteiger partial charge on any atom is -0.487 e. The van der Waals surface area contributed by atoms with E-state index in [0.717, 1.165) is 79.3 Å². The monoisotopic (exact) mass is 1230 g/mol. The van der Waals surface area contributed by atoms with E-state index in [4.69, 9.17) is 25.5 Å². The molecule has 0 radical (unpaired) electrons. The molecule has 1 unspecified atom stereocenters. The summed E-state index contributed by atoms with van der Waals surface area (Å²) < 4.78 is 132. The number of halogens is 7. The average Bonchev–Trinajstić information content (AvgIpc) is 1.85. The van der Waals surface area contributed by atoms with Crippen molar-refractivity contribution >= 4 is 22.7 Å². The van der Waals surface area contributed by atoms with Crippen LogP contribution in [0.5, 0.6) is 11.5 Å². The van der Waals surface area contributed by atoms with Crippen molar-refractivity contribution in [2.75, 3.05) is 80.9 Å². The van der Waals surface area contributed by atoms with Gasteiger partial charge in [0.15, 0.2) is 23.1 Å². The van der Waals surface area contributed by atoms with Gasteiger partial charge in [-0.25, -0.2) is 41.7 Å². The Morgan fingerprint density at radius 2 is 1.22 bits per heavy atom. The second-order valence-corrected chi connectivity index (χ2v) is 20.9. The van der Waals surface area contributed by atoms with E-state index in [1.54, 1.807) is 67.0 Å². The molecule has 11 rings (SSSR count). The van der Waals surface area contributed by atoms with Crippen molar-refractivity contribution in [3.63, 3.8) is 0 Å². The van der Waals surface area contributed by atoms with Crippen LogP contribution in [0.3, 0.4) is 0 Å². The molecule has 8 aromatic rings. The number of alkyl halides is 2. The van der Waals surface area contributed by atoms with E-state index in [1.807, 2.05) is 0 Å². The van der Waals surface area contributed by atoms with Crippen LogP contribution in [-0.4, -0.2) is 101 Å². The smallest absolute Gasteiger partial charge is 0.461 e. The highest BCUT2D eigenvalue weighted by atomic mass is 19.3. The standard InChI is InChI=1S/C23H20F2N4O3.C22H19F4N3O3.C19H24FN3O2/c1-15-10-22(30)29(21(27-15)14-32-18-5-3-4-16(11-18)26-2)17-12-19(24)23(20(25)13-17)28-6-8-31-9-7-28;1-14-11-20(30)29(16-5-6-19(18(24)13-16)28-7-9-31-10-8-28)21(27-14)22(25,26)32-17-4-2-3-15(23)12-17;1-13-11-19(24)23(14(2)22-13)15-7-8-18(17(20)12-15)21-9-3-5-16-6-4-10-25-16/h3-5,10-13H,6-9,14H2,1H3;2-6,11-13H,7-10H2,1H3;7-8,11-12,16,21H,3-6,9-10H2,1-2H3. The van der Waals surface area contributed by atoms with Crippen molar-refractivity contribution in [2.45, 2.75) is 72.2 Å². The van der Waals surface area contributed by atoms with Crippen LogP contribution >= 0.6 is 0 Å². The first kappa shape index (κ1) is 64.1. The number of aryl methyl sites for hydroxylation is 4. The van der Waals surface area contributed by atoms with Gasteiger partial charge >= 0.3 is 6.11 Å². The molecule has 1 atom stereocenters. The first-order valence-corrected chi connectivity index (χ1v) is 28.6. The van der Waals surface area contributed by atoms with Crippen LogP contribution in [-0.2, 0) is 26.9 Å². The Balaban J connectivity index is 0.000000160. The van der Waals surface area contributed by atoms with Gasteiger partial charge < -0.3 is 38.8 Å². The minimum absolute atomic E-state index is 0.0167. The van der Waals surface area contributed by atoms with E-state index in [1.165, 1.54) is 47.9 Å². The van der Waals surface area contributed by atoms with E-state index in [0.29, 0.717) is 110 Å². The highest BCUT2D eigenvalue weighted by Gasteiger charge is 2.41. The van der Waals surface area contributed by atoms with Crippen LogP contribution in [0.4, 0.5) is 53.5 Å². The molecule has 5 aromatic carbocycles. The first-order valence-electron chi connectivity index (χ1n) is 28.6. The summed E-state index contributed by atoms with van der Waals surface area (Å²) >= 11 is 0. The lowest BCUT2D eigenvalue weighted by Gasteiger charge is -2.29. The number of rotatable bonds is 16. The Morgan fingerprint density at radius 1 is 0.629 bits per heavy atom. The predicted molar refractivity (Wildman–Crippen MR) is 319 cm³/mol. The Morgan fingerprint density at radius 3 is 1.87 bits per heavy atom. The van der Waals surface area contributed by atoms with Crippen LogP contribution in [0.2, 0.25) is 0 Å². The second kappa shape index (κ2) is 29.1. The molecule has 3 saturated heterocycles. The van der Waals surface area contributed by atoms with Crippen LogP contribution in [0.15, 0.2) is 130 Å². The minimum atomic E-state index is -4.11. The van der Waals surface area contributed by atoms with Gasteiger partial charge in [0, 0.05) is 105 Å². The molecule has 0 aliphatic carbocycles. The normalized spacial score (nSPS) is 14.9.